The molecule has 0 saturated heterocycles. The van der Waals surface area contributed by atoms with Gasteiger partial charge in [-0.3, -0.25) is 0 Å². The Labute approximate surface area is 68.1 Å². The van der Waals surface area contributed by atoms with Gasteiger partial charge in [-0.25, -0.2) is 9.78 Å². The van der Waals surface area contributed by atoms with Crippen LogP contribution in [0, 0.1) is 0 Å². The van der Waals surface area contributed by atoms with Gasteiger partial charge in [-0.15, -0.1) is 11.6 Å². The SMILES string of the molecule is COC(=O)c1nc(CCl)co1. The van der Waals surface area contributed by atoms with Crippen molar-refractivity contribution in [3.8, 4) is 0 Å². The van der Waals surface area contributed by atoms with E-state index in [9.17, 15) is 4.79 Å². The van der Waals surface area contributed by atoms with E-state index in [0.29, 0.717) is 5.69 Å². The highest BCUT2D eigenvalue weighted by Gasteiger charge is 2.12. The number of carbonyl (C=O) groups excluding carboxylic acids is 1. The van der Waals surface area contributed by atoms with Gasteiger partial charge in [-0.1, -0.05) is 0 Å². The molecule has 1 rings (SSSR count). The van der Waals surface area contributed by atoms with Crippen molar-refractivity contribution in [2.45, 2.75) is 5.88 Å². The summed E-state index contributed by atoms with van der Waals surface area (Å²) >= 11 is 5.41. The molecule has 4 nitrogen and oxygen atoms in total. The number of rotatable bonds is 2. The minimum atomic E-state index is -0.596. The van der Waals surface area contributed by atoms with Crippen molar-refractivity contribution >= 4 is 17.6 Å². The molecule has 0 aromatic carbocycles. The summed E-state index contributed by atoms with van der Waals surface area (Å²) in [6.07, 6.45) is 1.32. The van der Waals surface area contributed by atoms with E-state index in [1.165, 1.54) is 13.4 Å². The molecule has 0 amide bonds. The Kier molecular flexibility index (Phi) is 2.48. The first-order valence-electron chi connectivity index (χ1n) is 2.86. The van der Waals surface area contributed by atoms with Crippen LogP contribution in [0.1, 0.15) is 16.4 Å². The Balaban J connectivity index is 2.80. The summed E-state index contributed by atoms with van der Waals surface area (Å²) < 4.78 is 9.09. The summed E-state index contributed by atoms with van der Waals surface area (Å²) in [5, 5.41) is 0. The number of esters is 1. The van der Waals surface area contributed by atoms with Gasteiger partial charge in [0.15, 0.2) is 0 Å². The molecule has 0 aliphatic carbocycles. The zero-order valence-electron chi connectivity index (χ0n) is 5.83. The van der Waals surface area contributed by atoms with Crippen LogP contribution >= 0.6 is 11.6 Å². The first-order valence-corrected chi connectivity index (χ1v) is 3.40. The summed E-state index contributed by atoms with van der Waals surface area (Å²) in [7, 11) is 1.26. The second kappa shape index (κ2) is 3.39. The fourth-order valence-electron chi connectivity index (χ4n) is 0.549. The van der Waals surface area contributed by atoms with Crippen molar-refractivity contribution in [1.29, 1.82) is 0 Å². The molecule has 0 spiro atoms. The van der Waals surface area contributed by atoms with Crippen LogP contribution in [0.3, 0.4) is 0 Å². The molecule has 0 fully saturated rings. The van der Waals surface area contributed by atoms with E-state index in [2.05, 4.69) is 9.72 Å². The van der Waals surface area contributed by atoms with E-state index < -0.39 is 5.97 Å². The molecule has 1 aromatic heterocycles. The minimum absolute atomic E-state index is 0.0665. The first kappa shape index (κ1) is 8.07. The van der Waals surface area contributed by atoms with Crippen molar-refractivity contribution < 1.29 is 13.9 Å². The van der Waals surface area contributed by atoms with Crippen LogP contribution < -0.4 is 0 Å². The maximum atomic E-state index is 10.7. The smallest absolute Gasteiger partial charge is 0.394 e. The van der Waals surface area contributed by atoms with E-state index in [1.807, 2.05) is 0 Å². The molecule has 1 heterocycles. The molecule has 0 aliphatic heterocycles. The van der Waals surface area contributed by atoms with Gasteiger partial charge in [0.1, 0.15) is 6.26 Å². The molecule has 60 valence electrons. The standard InChI is InChI=1S/C6H6ClNO3/c1-10-6(9)5-8-4(2-7)3-11-5/h3H,2H2,1H3. The van der Waals surface area contributed by atoms with Gasteiger partial charge in [-0.05, 0) is 0 Å². The lowest BCUT2D eigenvalue weighted by Gasteiger charge is -1.88. The summed E-state index contributed by atoms with van der Waals surface area (Å²) in [5.74, 6) is -0.440. The number of carbonyl (C=O) groups is 1. The van der Waals surface area contributed by atoms with Crippen LogP contribution in [-0.4, -0.2) is 18.1 Å². The fourth-order valence-corrected chi connectivity index (χ4v) is 0.672. The van der Waals surface area contributed by atoms with Gasteiger partial charge in [-0.2, -0.15) is 0 Å². The van der Waals surface area contributed by atoms with Gasteiger partial charge < -0.3 is 9.15 Å². The van der Waals surface area contributed by atoms with Crippen molar-refractivity contribution in [2.24, 2.45) is 0 Å². The monoisotopic (exact) mass is 175 g/mol. The summed E-state index contributed by atoms with van der Waals surface area (Å²) in [6, 6.07) is 0. The van der Waals surface area contributed by atoms with Gasteiger partial charge in [0.25, 0.3) is 0 Å². The van der Waals surface area contributed by atoms with Crippen molar-refractivity contribution in [3.63, 3.8) is 0 Å². The van der Waals surface area contributed by atoms with E-state index in [0.717, 1.165) is 0 Å². The highest BCUT2D eigenvalue weighted by atomic mass is 35.5. The minimum Gasteiger partial charge on any atom is -0.462 e. The average Bonchev–Trinajstić information content (AvgIpc) is 2.50. The van der Waals surface area contributed by atoms with E-state index >= 15 is 0 Å². The molecule has 0 aliphatic rings. The van der Waals surface area contributed by atoms with E-state index in [1.54, 1.807) is 0 Å². The number of hydrogen-bond acceptors (Lipinski definition) is 4. The third kappa shape index (κ3) is 1.71. The predicted molar refractivity (Wildman–Crippen MR) is 37.4 cm³/mol. The molecule has 0 unspecified atom stereocenters. The molecular formula is C6H6ClNO3. The number of alkyl halides is 1. The zero-order valence-corrected chi connectivity index (χ0v) is 6.59. The van der Waals surface area contributed by atoms with Crippen LogP contribution in [-0.2, 0) is 10.6 Å². The number of hydrogen-bond donors (Lipinski definition) is 0. The fraction of sp³-hybridized carbons (Fsp3) is 0.333. The molecule has 5 heteroatoms. The molecule has 1 aromatic rings. The second-order valence-electron chi connectivity index (χ2n) is 1.77. The molecular weight excluding hydrogens is 170 g/mol. The Hall–Kier alpha value is -1.03. The number of oxazole rings is 1. The second-order valence-corrected chi connectivity index (χ2v) is 2.04. The number of ether oxygens (including phenoxy) is 1. The summed E-state index contributed by atoms with van der Waals surface area (Å²) in [5.41, 5.74) is 0.520. The van der Waals surface area contributed by atoms with Crippen LogP contribution in [0.4, 0.5) is 0 Å². The Morgan fingerprint density at radius 3 is 3.09 bits per heavy atom. The molecule has 0 atom stereocenters. The highest BCUT2D eigenvalue weighted by Crippen LogP contribution is 2.05. The third-order valence-corrected chi connectivity index (χ3v) is 1.32. The number of methoxy groups -OCH3 is 1. The van der Waals surface area contributed by atoms with Gasteiger partial charge in [0, 0.05) is 0 Å². The topological polar surface area (TPSA) is 52.3 Å². The molecule has 0 radical (unpaired) electrons. The van der Waals surface area contributed by atoms with Crippen molar-refractivity contribution in [3.05, 3.63) is 17.8 Å². The normalized spacial score (nSPS) is 9.64. The van der Waals surface area contributed by atoms with Crippen LogP contribution in [0.25, 0.3) is 0 Å². The Bertz CT molecular complexity index is 258. The Morgan fingerprint density at radius 1 is 1.91 bits per heavy atom. The maximum Gasteiger partial charge on any atom is 0.394 e. The summed E-state index contributed by atoms with van der Waals surface area (Å²) in [4.78, 5) is 14.4. The van der Waals surface area contributed by atoms with Crippen LogP contribution in [0.15, 0.2) is 10.7 Å². The number of nitrogens with zero attached hydrogens (tertiary/aromatic N) is 1. The van der Waals surface area contributed by atoms with Gasteiger partial charge in [0.05, 0.1) is 18.7 Å². The van der Waals surface area contributed by atoms with Crippen LogP contribution in [0.5, 0.6) is 0 Å². The lowest BCUT2D eigenvalue weighted by atomic mass is 10.6. The largest absolute Gasteiger partial charge is 0.462 e. The maximum absolute atomic E-state index is 10.7. The van der Waals surface area contributed by atoms with E-state index in [-0.39, 0.29) is 11.8 Å². The molecule has 11 heavy (non-hydrogen) atoms. The number of aromatic nitrogens is 1. The number of halogens is 1. The summed E-state index contributed by atoms with van der Waals surface area (Å²) in [6.45, 7) is 0. The Morgan fingerprint density at radius 2 is 2.64 bits per heavy atom. The van der Waals surface area contributed by atoms with Crippen LogP contribution in [0.2, 0.25) is 0 Å². The third-order valence-electron chi connectivity index (χ3n) is 1.05. The first-order chi connectivity index (χ1) is 5.27. The van der Waals surface area contributed by atoms with Crippen molar-refractivity contribution in [1.82, 2.24) is 4.98 Å². The van der Waals surface area contributed by atoms with E-state index in [4.69, 9.17) is 16.0 Å². The van der Waals surface area contributed by atoms with Gasteiger partial charge >= 0.3 is 11.9 Å². The molecule has 0 N–H and O–H groups in total. The zero-order chi connectivity index (χ0) is 8.27. The molecule has 0 saturated carbocycles. The average molecular weight is 176 g/mol. The lowest BCUT2D eigenvalue weighted by Crippen LogP contribution is -2.01. The molecule has 0 bridgehead atoms. The highest BCUT2D eigenvalue weighted by molar-refractivity contribution is 6.16. The van der Waals surface area contributed by atoms with Gasteiger partial charge in [0.2, 0.25) is 0 Å². The quantitative estimate of drug-likeness (QED) is 0.501. The van der Waals surface area contributed by atoms with Crippen molar-refractivity contribution in [2.75, 3.05) is 7.11 Å². The predicted octanol–water partition coefficient (Wildman–Crippen LogP) is 1.20. The lowest BCUT2D eigenvalue weighted by molar-refractivity contribution is 0.0556.